The van der Waals surface area contributed by atoms with Crippen molar-refractivity contribution in [2.45, 2.75) is 105 Å². The van der Waals surface area contributed by atoms with E-state index >= 15 is 0 Å². The van der Waals surface area contributed by atoms with Crippen LogP contribution < -0.4 is 0 Å². The Morgan fingerprint density at radius 1 is 0.915 bits per heavy atom. The molecular weight excluding hydrogens is 777 g/mol. The van der Waals surface area contributed by atoms with Crippen LogP contribution in [0.4, 0.5) is 0 Å². The third-order valence-electron chi connectivity index (χ3n) is 9.96. The number of hydrogen-bond acceptors (Lipinski definition) is 5. The Balaban J connectivity index is 0.000000269. The van der Waals surface area contributed by atoms with Gasteiger partial charge in [0.15, 0.2) is 5.78 Å². The number of ketones is 1. The van der Waals surface area contributed by atoms with E-state index in [1.165, 1.54) is 44.7 Å². The number of carbonyl (C=O) groups excluding carboxylic acids is 1. The molecule has 0 aliphatic heterocycles. The Labute approximate surface area is 298 Å². The zero-order valence-electron chi connectivity index (χ0n) is 29.4. The maximum atomic E-state index is 11.7. The molecule has 0 fully saturated rings. The molecule has 47 heavy (non-hydrogen) atoms. The van der Waals surface area contributed by atoms with Crippen molar-refractivity contribution in [3.63, 3.8) is 0 Å². The fourth-order valence-corrected chi connectivity index (χ4v) is 9.04. The first-order valence-electron chi connectivity index (χ1n) is 16.9. The number of aryl methyl sites for hydroxylation is 1. The molecule has 0 spiro atoms. The van der Waals surface area contributed by atoms with Crippen molar-refractivity contribution < 1.29 is 30.0 Å². The zero-order valence-corrected chi connectivity index (χ0v) is 32.6. The Morgan fingerprint density at radius 3 is 2.23 bits per heavy atom. The topological polar surface area (TPSA) is 63.1 Å². The van der Waals surface area contributed by atoms with E-state index in [0.717, 1.165) is 52.5 Å². The van der Waals surface area contributed by atoms with Crippen molar-refractivity contribution in [1.29, 1.82) is 0 Å². The average Bonchev–Trinajstić information content (AvgIpc) is 3.48. The fourth-order valence-electron chi connectivity index (χ4n) is 7.56. The monoisotopic (exact) mass is 826 g/mol. The van der Waals surface area contributed by atoms with Gasteiger partial charge in [-0.15, -0.1) is 41.0 Å². The van der Waals surface area contributed by atoms with Crippen LogP contribution in [-0.2, 0) is 35.7 Å². The van der Waals surface area contributed by atoms with E-state index < -0.39 is 0 Å². The molecule has 1 N–H and O–H groups in total. The van der Waals surface area contributed by atoms with Gasteiger partial charge in [-0.3, -0.25) is 9.78 Å². The first kappa shape index (κ1) is 36.9. The van der Waals surface area contributed by atoms with Crippen LogP contribution in [0.3, 0.4) is 0 Å². The third-order valence-corrected chi connectivity index (χ3v) is 11.2. The minimum Gasteiger partial charge on any atom is -0.512 e. The van der Waals surface area contributed by atoms with Crippen molar-refractivity contribution >= 4 is 48.2 Å². The van der Waals surface area contributed by atoms with Gasteiger partial charge in [0.25, 0.3) is 0 Å². The predicted molar refractivity (Wildman–Crippen MR) is 196 cm³/mol. The van der Waals surface area contributed by atoms with Crippen molar-refractivity contribution in [2.24, 2.45) is 11.8 Å². The zero-order chi connectivity index (χ0) is 33.4. The summed E-state index contributed by atoms with van der Waals surface area (Å²) in [6.45, 7) is 19.7. The van der Waals surface area contributed by atoms with Gasteiger partial charge in [0.1, 0.15) is 6.33 Å². The van der Waals surface area contributed by atoms with Gasteiger partial charge in [-0.1, -0.05) is 96.2 Å². The number of aliphatic hydroxyl groups excluding tert-OH is 1. The van der Waals surface area contributed by atoms with E-state index in [9.17, 15) is 9.90 Å². The molecule has 3 aromatic carbocycles. The molecule has 2 aromatic heterocycles. The molecule has 6 rings (SSSR count). The summed E-state index contributed by atoms with van der Waals surface area (Å²) in [5, 5.41) is 13.4. The molecule has 0 amide bonds. The number of nitrogens with zero attached hydrogens (tertiary/aromatic N) is 2. The molecule has 1 radical (unpaired) electrons. The van der Waals surface area contributed by atoms with Crippen LogP contribution in [0.15, 0.2) is 60.6 Å². The van der Waals surface area contributed by atoms with E-state index in [1.54, 1.807) is 6.33 Å². The summed E-state index contributed by atoms with van der Waals surface area (Å²) in [6, 6.07) is 19.0. The largest absolute Gasteiger partial charge is 0.512 e. The van der Waals surface area contributed by atoms with Gasteiger partial charge in [0.2, 0.25) is 0 Å². The van der Waals surface area contributed by atoms with Crippen LogP contribution in [0.5, 0.6) is 0 Å². The average molecular weight is 826 g/mol. The van der Waals surface area contributed by atoms with Crippen molar-refractivity contribution in [3.8, 4) is 11.3 Å². The molecule has 1 aliphatic rings. The Morgan fingerprint density at radius 2 is 1.57 bits per heavy atom. The predicted octanol–water partition coefficient (Wildman–Crippen LogP) is 11.6. The number of carbonyl (C=O) groups is 1. The van der Waals surface area contributed by atoms with Gasteiger partial charge in [-0.25, -0.2) is 4.98 Å². The second-order valence-electron chi connectivity index (χ2n) is 14.3. The second kappa shape index (κ2) is 14.7. The summed E-state index contributed by atoms with van der Waals surface area (Å²) in [7, 11) is 0. The molecule has 1 aliphatic carbocycles. The molecular formula is C41H49IrN2O2S-. The van der Waals surface area contributed by atoms with E-state index in [0.29, 0.717) is 0 Å². The number of hydrogen-bond donors (Lipinski definition) is 1. The maximum absolute atomic E-state index is 11.7. The minimum absolute atomic E-state index is 0. The first-order valence-corrected chi connectivity index (χ1v) is 17.7. The number of aliphatic hydroxyl groups is 1. The maximum Gasteiger partial charge on any atom is 0.162 e. The van der Waals surface area contributed by atoms with Crippen molar-refractivity contribution in [1.82, 2.24) is 9.97 Å². The molecule has 4 nitrogen and oxygen atoms in total. The summed E-state index contributed by atoms with van der Waals surface area (Å²) in [6.07, 6.45) is 7.78. The molecule has 251 valence electrons. The van der Waals surface area contributed by atoms with E-state index in [2.05, 4.69) is 83.1 Å². The normalized spacial score (nSPS) is 15.2. The Bertz CT molecular complexity index is 1930. The van der Waals surface area contributed by atoms with Crippen LogP contribution in [0.25, 0.3) is 42.3 Å². The summed E-state index contributed by atoms with van der Waals surface area (Å²) >= 11 is 1.86. The Kier molecular flexibility index (Phi) is 11.5. The van der Waals surface area contributed by atoms with Crippen LogP contribution in [-0.4, -0.2) is 20.9 Å². The minimum atomic E-state index is 0. The molecule has 2 heterocycles. The molecule has 5 aromatic rings. The number of thiophene rings is 1. The van der Waals surface area contributed by atoms with E-state index in [-0.39, 0.29) is 54.3 Å². The van der Waals surface area contributed by atoms with Crippen LogP contribution in [0.2, 0.25) is 0 Å². The van der Waals surface area contributed by atoms with E-state index in [1.807, 2.05) is 39.0 Å². The summed E-state index contributed by atoms with van der Waals surface area (Å²) in [5.74, 6) is 0.547. The molecule has 0 atom stereocenters. The summed E-state index contributed by atoms with van der Waals surface area (Å²) in [5.41, 5.74) is 7.66. The third kappa shape index (κ3) is 7.26. The van der Waals surface area contributed by atoms with Gasteiger partial charge < -0.3 is 5.11 Å². The molecule has 0 unspecified atom stereocenters. The SMILES string of the molecule is CCC(CC)C(=O)/C=C(\O)C(CC)CC.Cc1ccc2ccc(-c3ncnc4c3sc3c5c(ccc34)C(C)(C)CC5(C)C)[c-]c2c1.[Ir]. The fraction of sp³-hybridized carbons (Fsp3) is 0.439. The summed E-state index contributed by atoms with van der Waals surface area (Å²) in [4.78, 5) is 21.2. The van der Waals surface area contributed by atoms with Crippen LogP contribution in [0, 0.1) is 24.8 Å². The van der Waals surface area contributed by atoms with Crippen molar-refractivity contribution in [2.75, 3.05) is 0 Å². The van der Waals surface area contributed by atoms with E-state index in [4.69, 9.17) is 9.97 Å². The quantitative estimate of drug-likeness (QED) is 0.0962. The van der Waals surface area contributed by atoms with Gasteiger partial charge in [0, 0.05) is 58.5 Å². The molecule has 0 saturated heterocycles. The molecule has 6 heteroatoms. The number of fused-ring (bicyclic) bond motifs is 6. The van der Waals surface area contributed by atoms with Gasteiger partial charge in [-0.2, -0.15) is 0 Å². The number of aromatic nitrogens is 2. The smallest absolute Gasteiger partial charge is 0.162 e. The standard InChI is InChI=1S/C28H25N2S.C13H24O2.Ir/c1-16-6-7-17-8-9-18(13-19(17)12-16)23-26-24(30-15-29-23)20-10-11-21-22(25(20)31-26)28(4,5)14-27(21,2)3;1-5-10(6-2)12(14)9-13(15)11(7-3)8-4;/h6-12,15H,14H2,1-5H3;9-11,14H,5-8H2,1-4H3;/q-1;;/b;12-9-;. The number of rotatable bonds is 8. The van der Waals surface area contributed by atoms with Gasteiger partial charge in [0.05, 0.1) is 11.3 Å². The molecule has 0 bridgehead atoms. The first-order chi connectivity index (χ1) is 21.8. The summed E-state index contributed by atoms with van der Waals surface area (Å²) < 4.78 is 2.54. The number of benzene rings is 3. The van der Waals surface area contributed by atoms with Gasteiger partial charge in [-0.05, 0) is 61.0 Å². The van der Waals surface area contributed by atoms with Gasteiger partial charge >= 0.3 is 0 Å². The molecule has 0 saturated carbocycles. The van der Waals surface area contributed by atoms with Crippen molar-refractivity contribution in [3.05, 3.63) is 83.4 Å². The Hall–Kier alpha value is -2.92. The van der Waals surface area contributed by atoms with Crippen LogP contribution in [0.1, 0.15) is 104 Å². The van der Waals surface area contributed by atoms with Crippen LogP contribution >= 0.6 is 11.3 Å². The second-order valence-corrected chi connectivity index (χ2v) is 15.3. The number of allylic oxidation sites excluding steroid dienone is 2.